The zero-order valence-electron chi connectivity index (χ0n) is 14.8. The summed E-state index contributed by atoms with van der Waals surface area (Å²) >= 11 is 0. The van der Waals surface area contributed by atoms with Crippen LogP contribution >= 0.6 is 0 Å². The Kier molecular flexibility index (Phi) is 5.26. The van der Waals surface area contributed by atoms with Crippen LogP contribution in [0.25, 0.3) is 5.52 Å². The van der Waals surface area contributed by atoms with E-state index in [1.54, 1.807) is 28.9 Å². The number of carbonyl (C=O) groups is 2. The van der Waals surface area contributed by atoms with Crippen LogP contribution in [0, 0.1) is 5.92 Å². The van der Waals surface area contributed by atoms with E-state index in [1.165, 1.54) is 0 Å². The number of hydrogen-bond acceptors (Lipinski definition) is 4. The second-order valence-corrected chi connectivity index (χ2v) is 6.35. The third kappa shape index (κ3) is 3.88. The number of nitrogens with zero attached hydrogens (tertiary/aromatic N) is 3. The number of pyridine rings is 2. The molecule has 0 aliphatic heterocycles. The summed E-state index contributed by atoms with van der Waals surface area (Å²) in [4.78, 5) is 33.5. The Morgan fingerprint density at radius 3 is 2.62 bits per heavy atom. The molecule has 0 aromatic carbocycles. The molecule has 0 saturated carbocycles. The maximum atomic E-state index is 12.6. The lowest BCUT2D eigenvalue weighted by molar-refractivity contribution is 0.0938. The number of nitrogens with one attached hydrogen (secondary N) is 2. The van der Waals surface area contributed by atoms with Crippen molar-refractivity contribution in [3.63, 3.8) is 0 Å². The lowest BCUT2D eigenvalue weighted by Gasteiger charge is -2.06. The highest BCUT2D eigenvalue weighted by atomic mass is 16.2. The molecule has 7 nitrogen and oxygen atoms in total. The highest BCUT2D eigenvalue weighted by Gasteiger charge is 2.21. The molecule has 0 unspecified atom stereocenters. The Bertz CT molecular complexity index is 918. The monoisotopic (exact) mass is 351 g/mol. The van der Waals surface area contributed by atoms with E-state index in [4.69, 9.17) is 0 Å². The maximum absolute atomic E-state index is 12.6. The molecule has 2 N–H and O–H groups in total. The van der Waals surface area contributed by atoms with Gasteiger partial charge in [0.15, 0.2) is 5.69 Å². The van der Waals surface area contributed by atoms with E-state index < -0.39 is 0 Å². The van der Waals surface area contributed by atoms with Crippen molar-refractivity contribution in [2.24, 2.45) is 5.92 Å². The van der Waals surface area contributed by atoms with Crippen LogP contribution in [-0.2, 0) is 6.54 Å². The molecule has 3 rings (SSSR count). The van der Waals surface area contributed by atoms with Gasteiger partial charge in [0.05, 0.1) is 17.8 Å². The topological polar surface area (TPSA) is 88.4 Å². The fourth-order valence-electron chi connectivity index (χ4n) is 2.50. The normalized spacial score (nSPS) is 10.9. The molecule has 0 aliphatic rings. The molecule has 0 radical (unpaired) electrons. The average molecular weight is 351 g/mol. The van der Waals surface area contributed by atoms with E-state index in [9.17, 15) is 9.59 Å². The molecule has 2 amide bonds. The van der Waals surface area contributed by atoms with Crippen LogP contribution < -0.4 is 10.6 Å². The molecular weight excluding hydrogens is 330 g/mol. The first-order chi connectivity index (χ1) is 12.6. The van der Waals surface area contributed by atoms with Gasteiger partial charge in [-0.3, -0.25) is 19.0 Å². The van der Waals surface area contributed by atoms with Gasteiger partial charge in [0.1, 0.15) is 0 Å². The third-order valence-corrected chi connectivity index (χ3v) is 3.79. The summed E-state index contributed by atoms with van der Waals surface area (Å²) in [6.45, 7) is 4.86. The largest absolute Gasteiger partial charge is 0.349 e. The predicted octanol–water partition coefficient (Wildman–Crippen LogP) is 2.05. The summed E-state index contributed by atoms with van der Waals surface area (Å²) in [5.41, 5.74) is 1.55. The van der Waals surface area contributed by atoms with Gasteiger partial charge in [-0.15, -0.1) is 0 Å². The van der Waals surface area contributed by atoms with Crippen molar-refractivity contribution in [1.29, 1.82) is 0 Å². The molecule has 3 aromatic heterocycles. The van der Waals surface area contributed by atoms with Gasteiger partial charge < -0.3 is 10.6 Å². The maximum Gasteiger partial charge on any atom is 0.287 e. The molecule has 134 valence electrons. The fraction of sp³-hybridized carbons (Fsp3) is 0.263. The second kappa shape index (κ2) is 7.77. The summed E-state index contributed by atoms with van der Waals surface area (Å²) in [5.74, 6) is -0.124. The Morgan fingerprint density at radius 2 is 1.88 bits per heavy atom. The first-order valence-electron chi connectivity index (χ1n) is 8.49. The van der Waals surface area contributed by atoms with E-state index in [0.29, 0.717) is 24.5 Å². The number of aromatic nitrogens is 3. The van der Waals surface area contributed by atoms with E-state index in [-0.39, 0.29) is 23.3 Å². The standard InChI is InChI=1S/C19H21N5O2/c1-13(2)11-21-19(26)17-23-16(15-8-4-6-10-24(15)17)18(25)22-12-14-7-3-5-9-20-14/h3-10,13H,11-12H2,1-2H3,(H,21,26)(H,22,25). The summed E-state index contributed by atoms with van der Waals surface area (Å²) in [6.07, 6.45) is 3.40. The van der Waals surface area contributed by atoms with Gasteiger partial charge in [0, 0.05) is 18.9 Å². The summed E-state index contributed by atoms with van der Waals surface area (Å²) < 4.78 is 1.63. The molecule has 3 aromatic rings. The molecule has 26 heavy (non-hydrogen) atoms. The minimum Gasteiger partial charge on any atom is -0.349 e. The lowest BCUT2D eigenvalue weighted by Crippen LogP contribution is -2.29. The van der Waals surface area contributed by atoms with E-state index in [2.05, 4.69) is 20.6 Å². The molecular formula is C19H21N5O2. The van der Waals surface area contributed by atoms with Crippen LogP contribution in [0.4, 0.5) is 0 Å². The van der Waals surface area contributed by atoms with Gasteiger partial charge in [-0.2, -0.15) is 0 Å². The van der Waals surface area contributed by atoms with Gasteiger partial charge in [-0.05, 0) is 30.2 Å². The van der Waals surface area contributed by atoms with E-state index >= 15 is 0 Å². The number of fused-ring (bicyclic) bond motifs is 1. The quantitative estimate of drug-likeness (QED) is 0.711. The second-order valence-electron chi connectivity index (χ2n) is 6.35. The Morgan fingerprint density at radius 1 is 1.08 bits per heavy atom. The molecule has 0 spiro atoms. The first-order valence-corrected chi connectivity index (χ1v) is 8.49. The Balaban J connectivity index is 1.84. The minimum absolute atomic E-state index is 0.198. The third-order valence-electron chi connectivity index (χ3n) is 3.79. The average Bonchev–Trinajstić information content (AvgIpc) is 3.05. The number of carbonyl (C=O) groups excluding carboxylic acids is 2. The van der Waals surface area contributed by atoms with Gasteiger partial charge in [-0.25, -0.2) is 4.98 Å². The first kappa shape index (κ1) is 17.6. The van der Waals surface area contributed by atoms with Crippen molar-refractivity contribution in [3.05, 3.63) is 66.0 Å². The van der Waals surface area contributed by atoms with Crippen molar-refractivity contribution in [3.8, 4) is 0 Å². The van der Waals surface area contributed by atoms with Gasteiger partial charge in [0.25, 0.3) is 11.8 Å². The van der Waals surface area contributed by atoms with Crippen molar-refractivity contribution in [2.75, 3.05) is 6.54 Å². The van der Waals surface area contributed by atoms with Crippen LogP contribution in [0.2, 0.25) is 0 Å². The minimum atomic E-state index is -0.345. The summed E-state index contributed by atoms with van der Waals surface area (Å²) in [6, 6.07) is 10.9. The summed E-state index contributed by atoms with van der Waals surface area (Å²) in [7, 11) is 0. The Labute approximate surface area is 151 Å². The van der Waals surface area contributed by atoms with Crippen LogP contribution in [0.3, 0.4) is 0 Å². The Hall–Kier alpha value is -3.22. The van der Waals surface area contributed by atoms with Crippen molar-refractivity contribution >= 4 is 17.3 Å². The van der Waals surface area contributed by atoms with Crippen LogP contribution in [0.5, 0.6) is 0 Å². The summed E-state index contributed by atoms with van der Waals surface area (Å²) in [5, 5.41) is 5.64. The zero-order chi connectivity index (χ0) is 18.5. The number of imidazole rings is 1. The SMILES string of the molecule is CC(C)CNC(=O)c1nc(C(=O)NCc2ccccn2)c2ccccn12. The molecule has 7 heteroatoms. The molecule has 3 heterocycles. The van der Waals surface area contributed by atoms with Gasteiger partial charge in [0.2, 0.25) is 5.82 Å². The van der Waals surface area contributed by atoms with Crippen molar-refractivity contribution < 1.29 is 9.59 Å². The highest BCUT2D eigenvalue weighted by Crippen LogP contribution is 2.13. The van der Waals surface area contributed by atoms with Crippen molar-refractivity contribution in [1.82, 2.24) is 25.0 Å². The van der Waals surface area contributed by atoms with Crippen LogP contribution in [-0.4, -0.2) is 32.7 Å². The highest BCUT2D eigenvalue weighted by molar-refractivity contribution is 6.02. The van der Waals surface area contributed by atoms with Gasteiger partial charge >= 0.3 is 0 Å². The smallest absolute Gasteiger partial charge is 0.287 e. The van der Waals surface area contributed by atoms with Crippen molar-refractivity contribution in [2.45, 2.75) is 20.4 Å². The molecule has 0 aliphatic carbocycles. The number of hydrogen-bond donors (Lipinski definition) is 2. The molecule has 0 bridgehead atoms. The van der Waals surface area contributed by atoms with E-state index in [1.807, 2.05) is 38.1 Å². The molecule has 0 saturated heterocycles. The fourth-order valence-corrected chi connectivity index (χ4v) is 2.50. The molecule has 0 fully saturated rings. The van der Waals surface area contributed by atoms with Crippen LogP contribution in [0.15, 0.2) is 48.8 Å². The number of rotatable bonds is 6. The lowest BCUT2D eigenvalue weighted by atomic mass is 10.2. The number of amides is 2. The van der Waals surface area contributed by atoms with Crippen LogP contribution in [0.1, 0.15) is 40.6 Å². The molecule has 0 atom stereocenters. The predicted molar refractivity (Wildman–Crippen MR) is 97.8 cm³/mol. The van der Waals surface area contributed by atoms with Gasteiger partial charge in [-0.1, -0.05) is 26.0 Å². The zero-order valence-corrected chi connectivity index (χ0v) is 14.8. The van der Waals surface area contributed by atoms with E-state index in [0.717, 1.165) is 5.69 Å².